The summed E-state index contributed by atoms with van der Waals surface area (Å²) in [6.07, 6.45) is 4.86. The summed E-state index contributed by atoms with van der Waals surface area (Å²) in [7, 11) is 0. The Morgan fingerprint density at radius 2 is 1.93 bits per heavy atom. The highest BCUT2D eigenvalue weighted by atomic mass is 19.1. The number of likely N-dealkylation sites (tertiary alicyclic amines) is 1. The predicted octanol–water partition coefficient (Wildman–Crippen LogP) is 3.42. The molecule has 2 fully saturated rings. The van der Waals surface area contributed by atoms with E-state index < -0.39 is 0 Å². The van der Waals surface area contributed by atoms with Crippen LogP contribution in [0.15, 0.2) is 29.3 Å². The third-order valence-corrected chi connectivity index (χ3v) is 6.01. The number of halogens is 1. The van der Waals surface area contributed by atoms with Gasteiger partial charge in [-0.05, 0) is 57.2 Å². The number of nitrogens with one attached hydrogen (secondary N) is 2. The summed E-state index contributed by atoms with van der Waals surface area (Å²) in [5.74, 6) is 0.617. The highest BCUT2D eigenvalue weighted by molar-refractivity contribution is 5.80. The van der Waals surface area contributed by atoms with Crippen LogP contribution in [0.3, 0.4) is 0 Å². The van der Waals surface area contributed by atoms with Crippen LogP contribution >= 0.6 is 0 Å². The molecule has 1 aliphatic carbocycles. The zero-order valence-electron chi connectivity index (χ0n) is 17.5. The molecule has 1 saturated heterocycles. The molecule has 0 unspecified atom stereocenters. The van der Waals surface area contributed by atoms with Crippen molar-refractivity contribution >= 4 is 12.1 Å². The number of aliphatic imine (C=N–C) groups is 1. The molecule has 1 saturated carbocycles. The minimum absolute atomic E-state index is 0.0172. The minimum atomic E-state index is -0.224. The van der Waals surface area contributed by atoms with Crippen molar-refractivity contribution in [1.82, 2.24) is 15.5 Å². The smallest absolute Gasteiger partial charge is 0.409 e. The zero-order valence-corrected chi connectivity index (χ0v) is 17.5. The summed E-state index contributed by atoms with van der Waals surface area (Å²) in [4.78, 5) is 18.5. The monoisotopic (exact) mass is 404 g/mol. The van der Waals surface area contributed by atoms with Gasteiger partial charge in [0.25, 0.3) is 0 Å². The molecule has 0 aromatic heterocycles. The Labute approximate surface area is 172 Å². The fourth-order valence-electron chi connectivity index (χ4n) is 4.11. The normalized spacial score (nSPS) is 19.4. The molecule has 1 amide bonds. The topological polar surface area (TPSA) is 66.0 Å². The van der Waals surface area contributed by atoms with Gasteiger partial charge in [-0.1, -0.05) is 18.6 Å². The van der Waals surface area contributed by atoms with Crippen molar-refractivity contribution < 1.29 is 13.9 Å². The first-order chi connectivity index (χ1) is 14.1. The molecular weight excluding hydrogens is 371 g/mol. The lowest BCUT2D eigenvalue weighted by Gasteiger charge is -2.41. The molecule has 2 N–H and O–H groups in total. The zero-order chi connectivity index (χ0) is 20.7. The van der Waals surface area contributed by atoms with Gasteiger partial charge in [0.1, 0.15) is 5.82 Å². The Balaban J connectivity index is 1.59. The van der Waals surface area contributed by atoms with Crippen LogP contribution in [0.1, 0.15) is 51.5 Å². The Hall–Kier alpha value is -2.31. The average molecular weight is 405 g/mol. The molecule has 0 bridgehead atoms. The van der Waals surface area contributed by atoms with E-state index in [4.69, 9.17) is 9.73 Å². The number of rotatable bonds is 6. The first-order valence-electron chi connectivity index (χ1n) is 10.8. The molecule has 0 atom stereocenters. The van der Waals surface area contributed by atoms with Crippen LogP contribution < -0.4 is 10.6 Å². The maximum absolute atomic E-state index is 13.3. The van der Waals surface area contributed by atoms with Crippen molar-refractivity contribution in [3.05, 3.63) is 35.6 Å². The number of piperidine rings is 1. The first-order valence-corrected chi connectivity index (χ1v) is 10.8. The van der Waals surface area contributed by atoms with Crippen LogP contribution in [0.5, 0.6) is 0 Å². The number of amides is 1. The molecule has 29 heavy (non-hydrogen) atoms. The van der Waals surface area contributed by atoms with E-state index in [-0.39, 0.29) is 23.4 Å². The summed E-state index contributed by atoms with van der Waals surface area (Å²) in [5.41, 5.74) is 1.19. The molecule has 160 valence electrons. The van der Waals surface area contributed by atoms with E-state index in [2.05, 4.69) is 17.6 Å². The quantitative estimate of drug-likeness (QED) is 0.563. The lowest BCUT2D eigenvalue weighted by Crippen LogP contribution is -2.50. The van der Waals surface area contributed by atoms with Crippen LogP contribution in [-0.4, -0.2) is 55.8 Å². The SMILES string of the molecule is CCNC(=NCC1(c2ccc(F)cc2)CCC1)NC1CCN(C(=O)OCC)CC1. The van der Waals surface area contributed by atoms with Gasteiger partial charge in [0.2, 0.25) is 0 Å². The third kappa shape index (κ3) is 5.40. The van der Waals surface area contributed by atoms with Crippen LogP contribution in [0.25, 0.3) is 0 Å². The van der Waals surface area contributed by atoms with Gasteiger partial charge in [-0.15, -0.1) is 0 Å². The summed E-state index contributed by atoms with van der Waals surface area (Å²) < 4.78 is 18.4. The summed E-state index contributed by atoms with van der Waals surface area (Å²) in [6, 6.07) is 7.16. The second-order valence-electron chi connectivity index (χ2n) is 7.94. The standard InChI is InChI=1S/C22H33FN4O2/c1-3-24-20(26-19-10-14-27(15-11-19)21(28)29-4-2)25-16-22(12-5-13-22)17-6-8-18(23)9-7-17/h6-9,19H,3-5,10-16H2,1-2H3,(H2,24,25,26). The van der Waals surface area contributed by atoms with Gasteiger partial charge in [-0.3, -0.25) is 4.99 Å². The Bertz CT molecular complexity index is 695. The van der Waals surface area contributed by atoms with Crippen molar-refractivity contribution in [1.29, 1.82) is 0 Å². The van der Waals surface area contributed by atoms with Gasteiger partial charge >= 0.3 is 6.09 Å². The van der Waals surface area contributed by atoms with E-state index in [1.54, 1.807) is 17.0 Å². The number of hydrogen-bond acceptors (Lipinski definition) is 3. The summed E-state index contributed by atoms with van der Waals surface area (Å²) in [6.45, 7) is 7.15. The van der Waals surface area contributed by atoms with Crippen molar-refractivity contribution in [2.75, 3.05) is 32.8 Å². The van der Waals surface area contributed by atoms with E-state index in [0.29, 0.717) is 26.2 Å². The molecule has 6 nitrogen and oxygen atoms in total. The van der Waals surface area contributed by atoms with Crippen molar-refractivity contribution in [3.8, 4) is 0 Å². The van der Waals surface area contributed by atoms with E-state index in [0.717, 1.165) is 38.2 Å². The van der Waals surface area contributed by atoms with Crippen molar-refractivity contribution in [3.63, 3.8) is 0 Å². The van der Waals surface area contributed by atoms with Gasteiger partial charge in [-0.2, -0.15) is 0 Å². The van der Waals surface area contributed by atoms with Crippen LogP contribution in [0.4, 0.5) is 9.18 Å². The Morgan fingerprint density at radius 3 is 2.48 bits per heavy atom. The molecular formula is C22H33FN4O2. The molecule has 0 radical (unpaired) electrons. The highest BCUT2D eigenvalue weighted by Gasteiger charge is 2.38. The summed E-state index contributed by atoms with van der Waals surface area (Å²) in [5, 5.41) is 6.87. The van der Waals surface area contributed by atoms with Crippen LogP contribution in [0, 0.1) is 5.82 Å². The average Bonchev–Trinajstić information content (AvgIpc) is 2.69. The lowest BCUT2D eigenvalue weighted by atomic mass is 9.64. The van der Waals surface area contributed by atoms with Gasteiger partial charge in [-0.25, -0.2) is 9.18 Å². The van der Waals surface area contributed by atoms with Gasteiger partial charge < -0.3 is 20.3 Å². The van der Waals surface area contributed by atoms with Crippen molar-refractivity contribution in [2.45, 2.75) is 57.4 Å². The molecule has 0 spiro atoms. The number of carbonyl (C=O) groups is 1. The highest BCUT2D eigenvalue weighted by Crippen LogP contribution is 2.44. The number of guanidine groups is 1. The number of nitrogens with zero attached hydrogens (tertiary/aromatic N) is 2. The van der Waals surface area contributed by atoms with Gasteiger partial charge in [0, 0.05) is 31.1 Å². The van der Waals surface area contributed by atoms with E-state index >= 15 is 0 Å². The molecule has 1 aliphatic heterocycles. The minimum Gasteiger partial charge on any atom is -0.450 e. The summed E-state index contributed by atoms with van der Waals surface area (Å²) >= 11 is 0. The molecule has 2 aliphatic rings. The molecule has 1 aromatic rings. The fraction of sp³-hybridized carbons (Fsp3) is 0.636. The molecule has 7 heteroatoms. The second kappa shape index (κ2) is 9.94. The van der Waals surface area contributed by atoms with Gasteiger partial charge in [0.15, 0.2) is 5.96 Å². The number of carbonyl (C=O) groups excluding carboxylic acids is 1. The van der Waals surface area contributed by atoms with Crippen molar-refractivity contribution in [2.24, 2.45) is 4.99 Å². The Kier molecular flexibility index (Phi) is 7.34. The van der Waals surface area contributed by atoms with E-state index in [1.165, 1.54) is 12.0 Å². The maximum atomic E-state index is 13.3. The number of benzene rings is 1. The lowest BCUT2D eigenvalue weighted by molar-refractivity contribution is 0.0963. The van der Waals surface area contributed by atoms with E-state index in [1.807, 2.05) is 19.1 Å². The predicted molar refractivity (Wildman–Crippen MR) is 113 cm³/mol. The molecule has 1 aromatic carbocycles. The maximum Gasteiger partial charge on any atom is 0.409 e. The molecule has 3 rings (SSSR count). The van der Waals surface area contributed by atoms with E-state index in [9.17, 15) is 9.18 Å². The first kappa shape index (κ1) is 21.4. The Morgan fingerprint density at radius 1 is 1.24 bits per heavy atom. The number of hydrogen-bond donors (Lipinski definition) is 2. The largest absolute Gasteiger partial charge is 0.450 e. The second-order valence-corrected chi connectivity index (χ2v) is 7.94. The number of ether oxygens (including phenoxy) is 1. The molecule has 1 heterocycles. The van der Waals surface area contributed by atoms with Gasteiger partial charge in [0.05, 0.1) is 13.2 Å². The third-order valence-electron chi connectivity index (χ3n) is 6.01. The van der Waals surface area contributed by atoms with Crippen LogP contribution in [-0.2, 0) is 10.2 Å². The fourth-order valence-corrected chi connectivity index (χ4v) is 4.11. The van der Waals surface area contributed by atoms with Crippen LogP contribution in [0.2, 0.25) is 0 Å².